The molecular formula is C18H16ClNO. The molecule has 0 aliphatic rings. The third-order valence-corrected chi connectivity index (χ3v) is 3.45. The zero-order chi connectivity index (χ0) is 13.9. The molecule has 2 aromatic carbocycles. The number of Topliss-reactive ketones (excluding diaryl/α,β-unsaturated/α-hetero) is 1. The zero-order valence-electron chi connectivity index (χ0n) is 11.8. The zero-order valence-corrected chi connectivity index (χ0v) is 12.5. The summed E-state index contributed by atoms with van der Waals surface area (Å²) in [5.41, 5.74) is 1.93. The Balaban J connectivity index is 0.00000161. The number of aromatic nitrogens is 1. The van der Waals surface area contributed by atoms with Gasteiger partial charge in [-0.1, -0.05) is 48.0 Å². The van der Waals surface area contributed by atoms with E-state index in [1.807, 2.05) is 66.3 Å². The molecule has 0 aliphatic heterocycles. The summed E-state index contributed by atoms with van der Waals surface area (Å²) < 4.78 is 1.94. The van der Waals surface area contributed by atoms with Crippen molar-refractivity contribution in [3.63, 3.8) is 0 Å². The Bertz CT molecular complexity index is 766. The largest absolute Gasteiger partial charge is 1.00 e. The quantitative estimate of drug-likeness (QED) is 0.504. The lowest BCUT2D eigenvalue weighted by molar-refractivity contribution is -0.681. The molecule has 3 rings (SSSR count). The van der Waals surface area contributed by atoms with Gasteiger partial charge in [0.15, 0.2) is 12.4 Å². The van der Waals surface area contributed by atoms with Crippen LogP contribution in [0.15, 0.2) is 67.0 Å². The van der Waals surface area contributed by atoms with Gasteiger partial charge >= 0.3 is 0 Å². The fourth-order valence-electron chi connectivity index (χ4n) is 2.27. The first kappa shape index (κ1) is 15.2. The van der Waals surface area contributed by atoms with Crippen LogP contribution in [0, 0.1) is 6.92 Å². The predicted octanol–water partition coefficient (Wildman–Crippen LogP) is 0.323. The van der Waals surface area contributed by atoms with Gasteiger partial charge in [-0.3, -0.25) is 4.79 Å². The van der Waals surface area contributed by atoms with Crippen LogP contribution in [0.3, 0.4) is 0 Å². The van der Waals surface area contributed by atoms with E-state index in [-0.39, 0.29) is 18.2 Å². The van der Waals surface area contributed by atoms with Crippen molar-refractivity contribution in [2.75, 3.05) is 0 Å². The maximum atomic E-state index is 12.2. The van der Waals surface area contributed by atoms with Crippen LogP contribution < -0.4 is 17.0 Å². The van der Waals surface area contributed by atoms with Gasteiger partial charge in [-0.2, -0.15) is 4.57 Å². The van der Waals surface area contributed by atoms with Crippen molar-refractivity contribution < 1.29 is 21.8 Å². The van der Waals surface area contributed by atoms with Crippen LogP contribution in [0.2, 0.25) is 0 Å². The predicted molar refractivity (Wildman–Crippen MR) is 79.7 cm³/mol. The van der Waals surface area contributed by atoms with E-state index in [1.165, 1.54) is 10.9 Å². The van der Waals surface area contributed by atoms with Crippen LogP contribution in [-0.4, -0.2) is 5.78 Å². The summed E-state index contributed by atoms with van der Waals surface area (Å²) in [4.78, 5) is 12.2. The van der Waals surface area contributed by atoms with Crippen LogP contribution in [0.5, 0.6) is 0 Å². The Labute approximate surface area is 130 Å². The molecule has 0 radical (unpaired) electrons. The van der Waals surface area contributed by atoms with E-state index in [2.05, 4.69) is 12.1 Å². The number of carbonyl (C=O) groups excluding carboxylic acids is 1. The minimum Gasteiger partial charge on any atom is -1.00 e. The van der Waals surface area contributed by atoms with Gasteiger partial charge in [-0.15, -0.1) is 0 Å². The monoisotopic (exact) mass is 297 g/mol. The lowest BCUT2D eigenvalue weighted by Crippen LogP contribution is -3.00. The Morgan fingerprint density at radius 2 is 1.62 bits per heavy atom. The summed E-state index contributed by atoms with van der Waals surface area (Å²) in [6.45, 7) is 2.39. The molecular weight excluding hydrogens is 282 g/mol. The standard InChI is InChI=1S/C18H16NO.ClH/c1-14-6-8-16(9-7-14)18(20)13-19-11-10-15-4-2-3-5-17(15)12-19;/h2-12H,13H2,1H3;1H/q+1;/p-1. The van der Waals surface area contributed by atoms with Crippen molar-refractivity contribution in [2.45, 2.75) is 13.5 Å². The first-order chi connectivity index (χ1) is 9.72. The second-order valence-electron chi connectivity index (χ2n) is 5.04. The Hall–Kier alpha value is -2.19. The van der Waals surface area contributed by atoms with Crippen LogP contribution in [0.1, 0.15) is 15.9 Å². The summed E-state index contributed by atoms with van der Waals surface area (Å²) in [5.74, 6) is 0.130. The van der Waals surface area contributed by atoms with Gasteiger partial charge in [-0.25, -0.2) is 0 Å². The molecule has 0 unspecified atom stereocenters. The lowest BCUT2D eigenvalue weighted by Gasteiger charge is -2.00. The minimum absolute atomic E-state index is 0. The van der Waals surface area contributed by atoms with Gasteiger partial charge in [0.25, 0.3) is 0 Å². The summed E-state index contributed by atoms with van der Waals surface area (Å²) in [7, 11) is 0. The van der Waals surface area contributed by atoms with Gasteiger partial charge in [0, 0.05) is 17.0 Å². The Morgan fingerprint density at radius 1 is 0.952 bits per heavy atom. The molecule has 3 aromatic rings. The molecule has 21 heavy (non-hydrogen) atoms. The number of hydrogen-bond donors (Lipinski definition) is 0. The molecule has 0 spiro atoms. The molecule has 0 bridgehead atoms. The normalized spacial score (nSPS) is 10.1. The molecule has 106 valence electrons. The van der Waals surface area contributed by atoms with Crippen LogP contribution in [-0.2, 0) is 6.54 Å². The number of halogens is 1. The van der Waals surface area contributed by atoms with Crippen molar-refractivity contribution in [1.82, 2.24) is 0 Å². The first-order valence-electron chi connectivity index (χ1n) is 6.70. The summed E-state index contributed by atoms with van der Waals surface area (Å²) in [6.07, 6.45) is 3.97. The van der Waals surface area contributed by atoms with E-state index in [4.69, 9.17) is 0 Å². The van der Waals surface area contributed by atoms with Crippen molar-refractivity contribution in [2.24, 2.45) is 0 Å². The topological polar surface area (TPSA) is 20.9 Å². The SMILES string of the molecule is Cc1ccc(C(=O)C[n+]2ccc3ccccc3c2)cc1.[Cl-]. The molecule has 1 heterocycles. The van der Waals surface area contributed by atoms with Gasteiger partial charge in [0.05, 0.1) is 0 Å². The van der Waals surface area contributed by atoms with Crippen molar-refractivity contribution in [3.8, 4) is 0 Å². The van der Waals surface area contributed by atoms with Crippen LogP contribution in [0.4, 0.5) is 0 Å². The van der Waals surface area contributed by atoms with E-state index in [0.717, 1.165) is 10.9 Å². The summed E-state index contributed by atoms with van der Waals surface area (Å²) in [5, 5.41) is 2.33. The highest BCUT2D eigenvalue weighted by Crippen LogP contribution is 2.10. The first-order valence-corrected chi connectivity index (χ1v) is 6.70. The fraction of sp³-hybridized carbons (Fsp3) is 0.111. The number of benzene rings is 2. The number of pyridine rings is 1. The highest BCUT2D eigenvalue weighted by atomic mass is 35.5. The van der Waals surface area contributed by atoms with E-state index >= 15 is 0 Å². The number of rotatable bonds is 3. The van der Waals surface area contributed by atoms with Crippen LogP contribution in [0.25, 0.3) is 10.8 Å². The number of aryl methyl sites for hydroxylation is 1. The molecule has 3 heteroatoms. The van der Waals surface area contributed by atoms with E-state index in [9.17, 15) is 4.79 Å². The number of fused-ring (bicyclic) bond motifs is 1. The Kier molecular flexibility index (Phi) is 4.71. The summed E-state index contributed by atoms with van der Waals surface area (Å²) in [6, 6.07) is 17.9. The number of carbonyl (C=O) groups is 1. The third-order valence-electron chi connectivity index (χ3n) is 3.45. The number of ketones is 1. The lowest BCUT2D eigenvalue weighted by atomic mass is 10.1. The molecule has 0 atom stereocenters. The maximum absolute atomic E-state index is 12.2. The van der Waals surface area contributed by atoms with Gasteiger partial charge < -0.3 is 12.4 Å². The average Bonchev–Trinajstić information content (AvgIpc) is 2.48. The highest BCUT2D eigenvalue weighted by molar-refractivity contribution is 5.95. The van der Waals surface area contributed by atoms with Gasteiger partial charge in [0.1, 0.15) is 0 Å². The fourth-order valence-corrected chi connectivity index (χ4v) is 2.27. The number of hydrogen-bond acceptors (Lipinski definition) is 1. The van der Waals surface area contributed by atoms with Crippen molar-refractivity contribution >= 4 is 16.6 Å². The van der Waals surface area contributed by atoms with Crippen molar-refractivity contribution in [3.05, 3.63) is 78.1 Å². The Morgan fingerprint density at radius 3 is 2.33 bits per heavy atom. The molecule has 0 fully saturated rings. The average molecular weight is 298 g/mol. The van der Waals surface area contributed by atoms with E-state index in [1.54, 1.807) is 0 Å². The highest BCUT2D eigenvalue weighted by Gasteiger charge is 2.12. The summed E-state index contributed by atoms with van der Waals surface area (Å²) >= 11 is 0. The molecule has 0 amide bonds. The van der Waals surface area contributed by atoms with E-state index in [0.29, 0.717) is 6.54 Å². The van der Waals surface area contributed by atoms with Crippen molar-refractivity contribution in [1.29, 1.82) is 0 Å². The van der Waals surface area contributed by atoms with Crippen LogP contribution >= 0.6 is 0 Å². The van der Waals surface area contributed by atoms with Gasteiger partial charge in [0.2, 0.25) is 12.3 Å². The minimum atomic E-state index is 0. The second kappa shape index (κ2) is 6.51. The number of nitrogens with zero attached hydrogens (tertiary/aromatic N) is 1. The molecule has 0 N–H and O–H groups in total. The molecule has 0 saturated carbocycles. The molecule has 0 aliphatic carbocycles. The molecule has 1 aromatic heterocycles. The third kappa shape index (κ3) is 3.47. The van der Waals surface area contributed by atoms with Gasteiger partial charge in [-0.05, 0) is 18.4 Å². The smallest absolute Gasteiger partial charge is 0.227 e. The molecule has 0 saturated heterocycles. The van der Waals surface area contributed by atoms with E-state index < -0.39 is 0 Å². The second-order valence-corrected chi connectivity index (χ2v) is 5.04. The maximum Gasteiger partial charge on any atom is 0.227 e. The molecule has 2 nitrogen and oxygen atoms in total.